The highest BCUT2D eigenvalue weighted by Gasteiger charge is 2.38. The summed E-state index contributed by atoms with van der Waals surface area (Å²) < 4.78 is 11.4. The Morgan fingerprint density at radius 3 is 2.58 bits per heavy atom. The third kappa shape index (κ3) is 4.71. The molecular weight excluding hydrogens is 470 g/mol. The van der Waals surface area contributed by atoms with Crippen molar-refractivity contribution in [3.8, 4) is 0 Å². The van der Waals surface area contributed by atoms with Crippen molar-refractivity contribution >= 4 is 40.2 Å². The highest BCUT2D eigenvalue weighted by molar-refractivity contribution is 7.99. The van der Waals surface area contributed by atoms with E-state index in [1.807, 2.05) is 60.1 Å². The zero-order valence-electron chi connectivity index (χ0n) is 21.2. The lowest BCUT2D eigenvalue weighted by Gasteiger charge is -2.23. The van der Waals surface area contributed by atoms with Crippen molar-refractivity contribution in [3.05, 3.63) is 77.2 Å². The molecule has 5 rings (SSSR count). The van der Waals surface area contributed by atoms with E-state index in [1.165, 1.54) is 37.7 Å². The SMILES string of the molecule is CN1/C(=C\C(=O)COC(=O)c2oc3ccccc3c2CSC2CCCCC2)C(C)(C)c2ccccc21. The molecule has 0 unspecified atom stereocenters. The number of rotatable bonds is 7. The van der Waals surface area contributed by atoms with Crippen LogP contribution in [0.1, 0.15) is 67.6 Å². The number of thioether (sulfide) groups is 1. The van der Waals surface area contributed by atoms with E-state index in [1.54, 1.807) is 6.08 Å². The van der Waals surface area contributed by atoms with Crippen molar-refractivity contribution < 1.29 is 18.7 Å². The van der Waals surface area contributed by atoms with Crippen LogP contribution >= 0.6 is 11.8 Å². The molecule has 2 aromatic carbocycles. The second-order valence-electron chi connectivity index (χ2n) is 10.3. The van der Waals surface area contributed by atoms with E-state index in [2.05, 4.69) is 26.0 Å². The number of para-hydroxylation sites is 2. The number of anilines is 1. The van der Waals surface area contributed by atoms with Gasteiger partial charge in [0.15, 0.2) is 12.4 Å². The van der Waals surface area contributed by atoms with E-state index in [-0.39, 0.29) is 23.6 Å². The Morgan fingerprint density at radius 1 is 1.08 bits per heavy atom. The summed E-state index contributed by atoms with van der Waals surface area (Å²) in [5.74, 6) is 0.0759. The van der Waals surface area contributed by atoms with Crippen LogP contribution in [0.5, 0.6) is 0 Å². The number of carbonyl (C=O) groups is 2. The third-order valence-corrected chi connectivity index (χ3v) is 8.88. The van der Waals surface area contributed by atoms with Crippen LogP contribution in [0, 0.1) is 0 Å². The monoisotopic (exact) mass is 503 g/mol. The molecule has 1 aliphatic heterocycles. The molecule has 2 aliphatic rings. The first-order chi connectivity index (χ1) is 17.4. The quantitative estimate of drug-likeness (QED) is 0.255. The molecule has 1 aliphatic carbocycles. The molecule has 0 amide bonds. The van der Waals surface area contributed by atoms with Gasteiger partial charge in [-0.25, -0.2) is 4.79 Å². The van der Waals surface area contributed by atoms with Gasteiger partial charge in [0.25, 0.3) is 0 Å². The number of furan rings is 1. The molecular formula is C30H33NO4S. The van der Waals surface area contributed by atoms with Crippen LogP contribution in [-0.2, 0) is 20.7 Å². The van der Waals surface area contributed by atoms with Crippen molar-refractivity contribution in [2.45, 2.75) is 62.4 Å². The van der Waals surface area contributed by atoms with Crippen LogP contribution in [0.3, 0.4) is 0 Å². The first-order valence-electron chi connectivity index (χ1n) is 12.7. The van der Waals surface area contributed by atoms with E-state index in [0.29, 0.717) is 16.6 Å². The molecule has 1 aromatic heterocycles. The molecule has 0 spiro atoms. The maximum atomic E-state index is 13.1. The standard InChI is InChI=1S/C30H33NO4S/c1-30(2)24-14-8-9-15-25(24)31(3)27(30)17-20(32)18-34-29(33)28-23(19-36-21-11-5-4-6-12-21)22-13-7-10-16-26(22)35-28/h7-10,13-17,21H,4-6,11-12,18-19H2,1-3H3/b27-17-. The first kappa shape index (κ1) is 24.7. The molecule has 6 heteroatoms. The summed E-state index contributed by atoms with van der Waals surface area (Å²) in [6, 6.07) is 15.8. The molecule has 0 bridgehead atoms. The van der Waals surface area contributed by atoms with Crippen LogP contribution < -0.4 is 4.90 Å². The van der Waals surface area contributed by atoms with E-state index in [0.717, 1.165) is 22.3 Å². The van der Waals surface area contributed by atoms with Crippen molar-refractivity contribution in [1.29, 1.82) is 0 Å². The molecule has 1 fully saturated rings. The smallest absolute Gasteiger partial charge is 0.375 e. The molecule has 0 N–H and O–H groups in total. The Labute approximate surface area is 216 Å². The number of hydrogen-bond donors (Lipinski definition) is 0. The fourth-order valence-corrected chi connectivity index (χ4v) is 6.85. The number of benzene rings is 2. The molecule has 36 heavy (non-hydrogen) atoms. The minimum Gasteiger partial charge on any atom is -0.451 e. The Kier molecular flexibility index (Phi) is 6.98. The number of ketones is 1. The second kappa shape index (κ2) is 10.2. The van der Waals surface area contributed by atoms with Crippen LogP contribution in [-0.4, -0.2) is 30.7 Å². The minimum atomic E-state index is -0.584. The maximum Gasteiger partial charge on any atom is 0.375 e. The predicted molar refractivity (Wildman–Crippen MR) is 146 cm³/mol. The second-order valence-corrected chi connectivity index (χ2v) is 11.5. The van der Waals surface area contributed by atoms with Gasteiger partial charge in [-0.1, -0.05) is 69.5 Å². The van der Waals surface area contributed by atoms with Gasteiger partial charge in [-0.15, -0.1) is 0 Å². The highest BCUT2D eigenvalue weighted by atomic mass is 32.2. The maximum absolute atomic E-state index is 13.1. The Balaban J connectivity index is 1.30. The van der Waals surface area contributed by atoms with Gasteiger partial charge in [0.2, 0.25) is 5.76 Å². The Hall–Kier alpha value is -2.99. The molecule has 0 saturated heterocycles. The zero-order chi connectivity index (χ0) is 25.3. The van der Waals surface area contributed by atoms with Gasteiger partial charge >= 0.3 is 5.97 Å². The highest BCUT2D eigenvalue weighted by Crippen LogP contribution is 2.46. The average Bonchev–Trinajstić information content (AvgIpc) is 3.36. The first-order valence-corrected chi connectivity index (χ1v) is 13.8. The summed E-state index contributed by atoms with van der Waals surface area (Å²) in [6.07, 6.45) is 7.90. The summed E-state index contributed by atoms with van der Waals surface area (Å²) in [5.41, 5.74) is 4.37. The molecule has 3 aromatic rings. The normalized spacial score (nSPS) is 18.5. The minimum absolute atomic E-state index is 0.214. The lowest BCUT2D eigenvalue weighted by Crippen LogP contribution is -2.25. The number of ether oxygens (including phenoxy) is 1. The molecule has 1 saturated carbocycles. The zero-order valence-corrected chi connectivity index (χ0v) is 22.0. The largest absolute Gasteiger partial charge is 0.451 e. The fourth-order valence-electron chi connectivity index (χ4n) is 5.50. The van der Waals surface area contributed by atoms with Gasteiger partial charge in [-0.2, -0.15) is 11.8 Å². The summed E-state index contributed by atoms with van der Waals surface area (Å²) in [6.45, 7) is 3.88. The summed E-state index contributed by atoms with van der Waals surface area (Å²) in [7, 11) is 1.96. The third-order valence-electron chi connectivity index (χ3n) is 7.48. The van der Waals surface area contributed by atoms with E-state index in [4.69, 9.17) is 9.15 Å². The van der Waals surface area contributed by atoms with Gasteiger partial charge in [0.05, 0.1) is 0 Å². The van der Waals surface area contributed by atoms with Crippen LogP contribution in [0.25, 0.3) is 11.0 Å². The van der Waals surface area contributed by atoms with Crippen molar-refractivity contribution in [2.75, 3.05) is 18.6 Å². The van der Waals surface area contributed by atoms with Crippen molar-refractivity contribution in [2.24, 2.45) is 0 Å². The van der Waals surface area contributed by atoms with E-state index >= 15 is 0 Å². The molecule has 2 heterocycles. The van der Waals surface area contributed by atoms with Crippen LogP contribution in [0.4, 0.5) is 5.69 Å². The van der Waals surface area contributed by atoms with E-state index in [9.17, 15) is 9.59 Å². The number of likely N-dealkylation sites (N-methyl/N-ethyl adjacent to an activating group) is 1. The number of carbonyl (C=O) groups excluding carboxylic acids is 2. The Morgan fingerprint density at radius 2 is 1.81 bits per heavy atom. The van der Waals surface area contributed by atoms with Gasteiger partial charge < -0.3 is 14.1 Å². The van der Waals surface area contributed by atoms with Gasteiger partial charge in [-0.05, 0) is 30.5 Å². The van der Waals surface area contributed by atoms with Gasteiger partial charge in [-0.3, -0.25) is 4.79 Å². The number of allylic oxidation sites excluding steroid dienone is 1. The number of esters is 1. The summed E-state index contributed by atoms with van der Waals surface area (Å²) in [4.78, 5) is 28.0. The van der Waals surface area contributed by atoms with Crippen molar-refractivity contribution in [1.82, 2.24) is 0 Å². The van der Waals surface area contributed by atoms with Crippen LogP contribution in [0.15, 0.2) is 64.7 Å². The van der Waals surface area contributed by atoms with Crippen LogP contribution in [0.2, 0.25) is 0 Å². The average molecular weight is 504 g/mol. The fraction of sp³-hybridized carbons (Fsp3) is 0.400. The van der Waals surface area contributed by atoms with Gasteiger partial charge in [0.1, 0.15) is 5.58 Å². The summed E-state index contributed by atoms with van der Waals surface area (Å²) in [5, 5.41) is 1.55. The number of hydrogen-bond acceptors (Lipinski definition) is 6. The molecule has 0 radical (unpaired) electrons. The predicted octanol–water partition coefficient (Wildman–Crippen LogP) is 7.04. The molecule has 0 atom stereocenters. The summed E-state index contributed by atoms with van der Waals surface area (Å²) >= 11 is 1.89. The lowest BCUT2D eigenvalue weighted by molar-refractivity contribution is -0.117. The lowest BCUT2D eigenvalue weighted by atomic mass is 9.83. The van der Waals surface area contributed by atoms with Crippen molar-refractivity contribution in [3.63, 3.8) is 0 Å². The number of fused-ring (bicyclic) bond motifs is 2. The topological polar surface area (TPSA) is 59.8 Å². The van der Waals surface area contributed by atoms with E-state index < -0.39 is 5.97 Å². The Bertz CT molecular complexity index is 1320. The number of nitrogens with zero attached hydrogens (tertiary/aromatic N) is 1. The molecule has 5 nitrogen and oxygen atoms in total. The molecule has 188 valence electrons. The van der Waals surface area contributed by atoms with Gasteiger partial charge in [0, 0.05) is 51.9 Å².